The van der Waals surface area contributed by atoms with Gasteiger partial charge < -0.3 is 30.5 Å². The number of ether oxygens (including phenoxy) is 1. The van der Waals surface area contributed by atoms with Crippen molar-refractivity contribution in [3.05, 3.63) is 0 Å². The predicted molar refractivity (Wildman–Crippen MR) is 129 cm³/mol. The number of hydrogen-bond acceptors (Lipinski definition) is 5. The van der Waals surface area contributed by atoms with Crippen molar-refractivity contribution in [3.8, 4) is 0 Å². The average molecular weight is 463 g/mol. The van der Waals surface area contributed by atoms with Gasteiger partial charge in [-0.15, -0.1) is 0 Å². The highest BCUT2D eigenvalue weighted by molar-refractivity contribution is 6.84. The molecule has 3 amide bonds. The highest BCUT2D eigenvalue weighted by Crippen LogP contribution is 2.14. The number of rotatable bonds is 15. The van der Waals surface area contributed by atoms with Crippen molar-refractivity contribution in [3.63, 3.8) is 0 Å². The molecular formula is C20H46N4O4Si2. The molecular weight excluding hydrogens is 416 g/mol. The molecule has 0 bridgehead atoms. The Kier molecular flexibility index (Phi) is 14.3. The topological polar surface area (TPSA) is 115 Å². The van der Waals surface area contributed by atoms with E-state index in [1.807, 2.05) is 13.8 Å². The minimum Gasteiger partial charge on any atom is -0.454 e. The standard InChI is InChI=1S/C20H46N4O4Si2/c1-17(21)12-13-18(2)24-19(25)22-14-10-8-9-11-15-23-20(26)27-16-30(6,7)28-29(3,4)5/h17-18H,8-16,21H2,1-7H3,(H,23,26)(H2,22,24,25). The van der Waals surface area contributed by atoms with E-state index in [2.05, 4.69) is 48.7 Å². The van der Waals surface area contributed by atoms with Gasteiger partial charge in [0, 0.05) is 25.2 Å². The van der Waals surface area contributed by atoms with Crippen molar-refractivity contribution in [2.24, 2.45) is 5.73 Å². The van der Waals surface area contributed by atoms with E-state index in [0.29, 0.717) is 19.3 Å². The van der Waals surface area contributed by atoms with Gasteiger partial charge in [0.25, 0.3) is 0 Å². The van der Waals surface area contributed by atoms with Crippen molar-refractivity contribution in [1.82, 2.24) is 16.0 Å². The molecule has 0 aromatic heterocycles. The smallest absolute Gasteiger partial charge is 0.406 e. The molecule has 10 heteroatoms. The molecule has 0 saturated heterocycles. The van der Waals surface area contributed by atoms with Crippen LogP contribution in [-0.4, -0.2) is 60.2 Å². The first-order valence-electron chi connectivity index (χ1n) is 11.2. The first-order valence-corrected chi connectivity index (χ1v) is 17.7. The first-order chi connectivity index (χ1) is 13.8. The molecule has 0 aliphatic heterocycles. The van der Waals surface area contributed by atoms with Crippen molar-refractivity contribution in [2.75, 3.05) is 19.3 Å². The zero-order chi connectivity index (χ0) is 23.2. The Morgan fingerprint density at radius 2 is 1.47 bits per heavy atom. The summed E-state index contributed by atoms with van der Waals surface area (Å²) in [4.78, 5) is 23.6. The van der Waals surface area contributed by atoms with Gasteiger partial charge in [0.05, 0.1) is 0 Å². The van der Waals surface area contributed by atoms with Crippen molar-refractivity contribution >= 4 is 28.8 Å². The number of carbonyl (C=O) groups is 2. The van der Waals surface area contributed by atoms with Crippen LogP contribution in [0.1, 0.15) is 52.4 Å². The monoisotopic (exact) mass is 462 g/mol. The lowest BCUT2D eigenvalue weighted by molar-refractivity contribution is 0.158. The van der Waals surface area contributed by atoms with Crippen LogP contribution in [0.25, 0.3) is 0 Å². The number of unbranched alkanes of at least 4 members (excludes halogenated alkanes) is 3. The normalized spacial score (nSPS) is 14.0. The maximum Gasteiger partial charge on any atom is 0.406 e. The average Bonchev–Trinajstić information content (AvgIpc) is 2.58. The minimum absolute atomic E-state index is 0.122. The Morgan fingerprint density at radius 3 is 2.00 bits per heavy atom. The second kappa shape index (κ2) is 14.8. The molecule has 0 radical (unpaired) electrons. The van der Waals surface area contributed by atoms with Gasteiger partial charge in [0.1, 0.15) is 6.23 Å². The van der Waals surface area contributed by atoms with Gasteiger partial charge in [-0.2, -0.15) is 0 Å². The van der Waals surface area contributed by atoms with Crippen LogP contribution in [0.3, 0.4) is 0 Å². The maximum absolute atomic E-state index is 11.8. The number of carbonyl (C=O) groups excluding carboxylic acids is 2. The summed E-state index contributed by atoms with van der Waals surface area (Å²) in [6.07, 6.45) is 5.59. The van der Waals surface area contributed by atoms with E-state index in [1.165, 1.54) is 0 Å². The zero-order valence-electron chi connectivity index (χ0n) is 20.2. The molecule has 0 heterocycles. The second-order valence-corrected chi connectivity index (χ2v) is 18.6. The van der Waals surface area contributed by atoms with Crippen molar-refractivity contribution in [1.29, 1.82) is 0 Å². The fraction of sp³-hybridized carbons (Fsp3) is 0.900. The Morgan fingerprint density at radius 1 is 0.900 bits per heavy atom. The fourth-order valence-electron chi connectivity index (χ4n) is 3.00. The molecule has 30 heavy (non-hydrogen) atoms. The molecule has 0 aliphatic carbocycles. The van der Waals surface area contributed by atoms with E-state index in [-0.39, 0.29) is 24.2 Å². The van der Waals surface area contributed by atoms with Gasteiger partial charge in [0.2, 0.25) is 8.32 Å². The van der Waals surface area contributed by atoms with Crippen LogP contribution in [-0.2, 0) is 8.85 Å². The van der Waals surface area contributed by atoms with Crippen molar-refractivity contribution in [2.45, 2.75) is 97.2 Å². The fourth-order valence-corrected chi connectivity index (χ4v) is 10.3. The molecule has 0 aromatic carbocycles. The Balaban J connectivity index is 3.65. The number of amides is 3. The molecule has 0 spiro atoms. The van der Waals surface area contributed by atoms with Crippen LogP contribution < -0.4 is 21.7 Å². The zero-order valence-corrected chi connectivity index (χ0v) is 22.2. The number of hydrogen-bond donors (Lipinski definition) is 4. The molecule has 2 atom stereocenters. The molecule has 5 N–H and O–H groups in total. The lowest BCUT2D eigenvalue weighted by Gasteiger charge is -2.30. The summed E-state index contributed by atoms with van der Waals surface area (Å²) in [5.74, 6) is 0. The summed E-state index contributed by atoms with van der Waals surface area (Å²) in [6.45, 7) is 15.8. The number of urea groups is 1. The minimum atomic E-state index is -1.97. The van der Waals surface area contributed by atoms with E-state index in [1.54, 1.807) is 0 Å². The highest BCUT2D eigenvalue weighted by Gasteiger charge is 2.31. The summed E-state index contributed by atoms with van der Waals surface area (Å²) < 4.78 is 11.5. The third-order valence-corrected chi connectivity index (χ3v) is 9.72. The van der Waals surface area contributed by atoms with Crippen LogP contribution in [0.5, 0.6) is 0 Å². The number of nitrogens with two attached hydrogens (primary N) is 1. The van der Waals surface area contributed by atoms with E-state index >= 15 is 0 Å². The van der Waals surface area contributed by atoms with Crippen LogP contribution in [0.15, 0.2) is 0 Å². The Labute approximate surface area is 185 Å². The van der Waals surface area contributed by atoms with Gasteiger partial charge >= 0.3 is 12.1 Å². The number of nitrogens with one attached hydrogen (secondary N) is 3. The molecule has 0 aliphatic rings. The van der Waals surface area contributed by atoms with E-state index in [0.717, 1.165) is 38.5 Å². The molecule has 0 aromatic rings. The summed E-state index contributed by atoms with van der Waals surface area (Å²) in [5.41, 5.74) is 5.73. The van der Waals surface area contributed by atoms with Crippen LogP contribution in [0, 0.1) is 0 Å². The summed E-state index contributed by atoms with van der Waals surface area (Å²) >= 11 is 0. The quantitative estimate of drug-likeness (QED) is 0.219. The van der Waals surface area contributed by atoms with E-state index in [9.17, 15) is 9.59 Å². The molecule has 0 rings (SSSR count). The van der Waals surface area contributed by atoms with Crippen molar-refractivity contribution < 1.29 is 18.4 Å². The van der Waals surface area contributed by atoms with Gasteiger partial charge in [0.15, 0.2) is 8.32 Å². The summed E-state index contributed by atoms with van der Waals surface area (Å²) in [7, 11) is -3.59. The Hall–Kier alpha value is -1.11. The molecule has 0 saturated carbocycles. The van der Waals surface area contributed by atoms with Crippen LogP contribution in [0.4, 0.5) is 9.59 Å². The maximum atomic E-state index is 11.8. The second-order valence-electron chi connectivity index (χ2n) is 9.75. The van der Waals surface area contributed by atoms with Crippen LogP contribution in [0.2, 0.25) is 32.7 Å². The summed E-state index contributed by atoms with van der Waals surface area (Å²) in [5, 5.41) is 8.60. The molecule has 8 nitrogen and oxygen atoms in total. The molecule has 0 fully saturated rings. The SMILES string of the molecule is CC(N)CCC(C)NC(=O)NCCCCCCNC(=O)OC[Si](C)(C)O[Si](C)(C)C. The third-order valence-electron chi connectivity index (χ3n) is 4.22. The van der Waals surface area contributed by atoms with E-state index < -0.39 is 16.6 Å². The predicted octanol–water partition coefficient (Wildman–Crippen LogP) is 3.68. The summed E-state index contributed by atoms with van der Waals surface area (Å²) in [6, 6.07) is 0.157. The van der Waals surface area contributed by atoms with E-state index in [4.69, 9.17) is 14.6 Å². The molecule has 2 unspecified atom stereocenters. The van der Waals surface area contributed by atoms with Gasteiger partial charge in [-0.1, -0.05) is 12.8 Å². The lowest BCUT2D eigenvalue weighted by Crippen LogP contribution is -2.47. The number of alkyl carbamates (subject to hydrolysis) is 1. The Bertz CT molecular complexity index is 500. The highest BCUT2D eigenvalue weighted by atomic mass is 28.4. The van der Waals surface area contributed by atoms with Gasteiger partial charge in [-0.05, 0) is 72.3 Å². The van der Waals surface area contributed by atoms with Gasteiger partial charge in [-0.25, -0.2) is 9.59 Å². The lowest BCUT2D eigenvalue weighted by atomic mass is 10.1. The third kappa shape index (κ3) is 18.9. The molecule has 178 valence electrons. The van der Waals surface area contributed by atoms with Crippen LogP contribution >= 0.6 is 0 Å². The first kappa shape index (κ1) is 28.9. The van der Waals surface area contributed by atoms with Gasteiger partial charge in [-0.3, -0.25) is 0 Å². The largest absolute Gasteiger partial charge is 0.454 e.